The lowest BCUT2D eigenvalue weighted by atomic mass is 9.64. The summed E-state index contributed by atoms with van der Waals surface area (Å²) >= 11 is 0. The van der Waals surface area contributed by atoms with E-state index in [0.717, 1.165) is 0 Å². The van der Waals surface area contributed by atoms with Crippen LogP contribution in [0.2, 0.25) is 0 Å². The van der Waals surface area contributed by atoms with Crippen LogP contribution in [-0.2, 0) is 19.7 Å². The summed E-state index contributed by atoms with van der Waals surface area (Å²) in [5, 5.41) is 10.00. The Morgan fingerprint density at radius 1 is 1.06 bits per heavy atom. The number of nitriles is 1. The Morgan fingerprint density at radius 2 is 1.71 bits per heavy atom. The second-order valence-electron chi connectivity index (χ2n) is 7.28. The average Bonchev–Trinajstić information content (AvgIpc) is 3.01. The molecule has 5 rings (SSSR count). The van der Waals surface area contributed by atoms with Gasteiger partial charge in [0.25, 0.3) is 0 Å². The molecule has 1 spiro atoms. The molecule has 0 bridgehead atoms. The predicted octanol–water partition coefficient (Wildman–Crippen LogP) is 1.93. The van der Waals surface area contributed by atoms with Gasteiger partial charge in [-0.25, -0.2) is 0 Å². The summed E-state index contributed by atoms with van der Waals surface area (Å²) < 4.78 is 10.7. The van der Waals surface area contributed by atoms with E-state index in [1.54, 1.807) is 36.4 Å². The monoisotopic (exact) mass is 413 g/mol. The molecule has 2 aliphatic heterocycles. The summed E-state index contributed by atoms with van der Waals surface area (Å²) in [4.78, 5) is 42.2. The van der Waals surface area contributed by atoms with Crippen molar-refractivity contribution in [1.29, 1.82) is 5.26 Å². The summed E-state index contributed by atoms with van der Waals surface area (Å²) in [6.45, 7) is -0.113. The number of rotatable bonds is 2. The third kappa shape index (κ3) is 2.13. The van der Waals surface area contributed by atoms with Gasteiger partial charge in [-0.05, 0) is 6.07 Å². The normalized spacial score (nSPS) is 21.7. The number of hydrogen-bond acceptors (Lipinski definition) is 7. The first-order chi connectivity index (χ1) is 15.0. The Hall–Kier alpha value is -4.22. The van der Waals surface area contributed by atoms with E-state index in [2.05, 4.69) is 0 Å². The zero-order chi connectivity index (χ0) is 21.9. The van der Waals surface area contributed by atoms with Crippen molar-refractivity contribution in [2.75, 3.05) is 18.7 Å². The largest absolute Gasteiger partial charge is 0.436 e. The number of benzene rings is 2. The molecule has 152 valence electrons. The predicted molar refractivity (Wildman–Crippen MR) is 108 cm³/mol. The molecule has 2 N–H and O–H groups in total. The average molecular weight is 413 g/mol. The Balaban J connectivity index is 1.90. The number of carbonyl (C=O) groups is 3. The fourth-order valence-corrected chi connectivity index (χ4v) is 4.59. The number of amides is 1. The topological polar surface area (TPSA) is 123 Å². The second kappa shape index (κ2) is 6.39. The lowest BCUT2D eigenvalue weighted by Crippen LogP contribution is -2.50. The fourth-order valence-electron chi connectivity index (χ4n) is 4.59. The number of nitrogens with two attached hydrogens (primary N) is 1. The fraction of sp³-hybridized carbons (Fsp3) is 0.130. The molecule has 1 aliphatic carbocycles. The molecule has 1 atom stereocenters. The van der Waals surface area contributed by atoms with Crippen LogP contribution < -0.4 is 10.6 Å². The molecule has 2 aromatic carbocycles. The van der Waals surface area contributed by atoms with Crippen molar-refractivity contribution < 1.29 is 23.9 Å². The minimum absolute atomic E-state index is 0.113. The minimum Gasteiger partial charge on any atom is -0.436 e. The minimum atomic E-state index is -1.90. The van der Waals surface area contributed by atoms with Gasteiger partial charge in [0.15, 0.2) is 11.5 Å². The highest BCUT2D eigenvalue weighted by molar-refractivity contribution is 6.31. The van der Waals surface area contributed by atoms with Gasteiger partial charge in [0, 0.05) is 23.8 Å². The van der Waals surface area contributed by atoms with Crippen LogP contribution in [-0.4, -0.2) is 31.3 Å². The van der Waals surface area contributed by atoms with Gasteiger partial charge in [0.2, 0.25) is 17.6 Å². The van der Waals surface area contributed by atoms with Crippen LogP contribution in [0.1, 0.15) is 26.3 Å². The van der Waals surface area contributed by atoms with Crippen molar-refractivity contribution in [2.45, 2.75) is 5.41 Å². The summed E-state index contributed by atoms with van der Waals surface area (Å²) in [5.41, 5.74) is 4.85. The molecule has 2 aromatic rings. The number of Topliss-reactive ketones (excluding diaryl/α,β-unsaturated/α-hetero) is 2. The van der Waals surface area contributed by atoms with E-state index >= 15 is 0 Å². The van der Waals surface area contributed by atoms with Crippen molar-refractivity contribution in [3.8, 4) is 6.07 Å². The second-order valence-corrected chi connectivity index (χ2v) is 7.28. The maximum absolute atomic E-state index is 13.9. The molecular weight excluding hydrogens is 398 g/mol. The third-order valence-corrected chi connectivity index (χ3v) is 5.82. The van der Waals surface area contributed by atoms with Crippen LogP contribution in [0.4, 0.5) is 5.69 Å². The lowest BCUT2D eigenvalue weighted by molar-refractivity contribution is -0.122. The number of methoxy groups -OCH3 is 1. The van der Waals surface area contributed by atoms with E-state index in [4.69, 9.17) is 15.2 Å². The van der Waals surface area contributed by atoms with Gasteiger partial charge in [0.1, 0.15) is 23.8 Å². The number of ether oxygens (including phenoxy) is 2. The standard InChI is InChI=1S/C23H15N3O5/c1-30-11-26-16-9-5-4-8-14(16)23(22(26)29)15(10-24)21(25)31-20-17(23)18(27)12-6-2-3-7-13(12)19(20)28/h2-9H,11,25H2,1H3. The van der Waals surface area contributed by atoms with Crippen LogP contribution >= 0.6 is 0 Å². The Bertz CT molecular complexity index is 1320. The summed E-state index contributed by atoms with van der Waals surface area (Å²) in [5.74, 6) is -2.45. The zero-order valence-corrected chi connectivity index (χ0v) is 16.3. The molecule has 8 heteroatoms. The molecular formula is C23H15N3O5. The number of para-hydroxylation sites is 1. The highest BCUT2D eigenvalue weighted by Gasteiger charge is 2.63. The van der Waals surface area contributed by atoms with E-state index in [1.165, 1.54) is 24.1 Å². The molecule has 2 heterocycles. The van der Waals surface area contributed by atoms with E-state index in [1.807, 2.05) is 6.07 Å². The summed E-state index contributed by atoms with van der Waals surface area (Å²) in [6, 6.07) is 15.0. The smallest absolute Gasteiger partial charge is 0.249 e. The first-order valence-corrected chi connectivity index (χ1v) is 9.40. The molecule has 1 unspecified atom stereocenters. The molecule has 3 aliphatic rings. The first kappa shape index (κ1) is 18.8. The van der Waals surface area contributed by atoms with Crippen molar-refractivity contribution in [1.82, 2.24) is 0 Å². The maximum atomic E-state index is 13.9. The van der Waals surface area contributed by atoms with Crippen molar-refractivity contribution >= 4 is 23.2 Å². The number of ketones is 2. The van der Waals surface area contributed by atoms with Gasteiger partial charge < -0.3 is 15.2 Å². The van der Waals surface area contributed by atoms with Crippen molar-refractivity contribution in [2.24, 2.45) is 5.73 Å². The molecule has 1 amide bonds. The maximum Gasteiger partial charge on any atom is 0.249 e. The Labute approximate surface area is 176 Å². The molecule has 0 saturated carbocycles. The molecule has 31 heavy (non-hydrogen) atoms. The highest BCUT2D eigenvalue weighted by Crippen LogP contribution is 2.55. The van der Waals surface area contributed by atoms with E-state index < -0.39 is 22.9 Å². The van der Waals surface area contributed by atoms with Gasteiger partial charge in [0.05, 0.1) is 11.3 Å². The number of hydrogen-bond donors (Lipinski definition) is 1. The molecule has 0 fully saturated rings. The number of nitrogens with zero attached hydrogens (tertiary/aromatic N) is 2. The molecule has 0 aromatic heterocycles. The van der Waals surface area contributed by atoms with Gasteiger partial charge in [-0.1, -0.05) is 42.5 Å². The van der Waals surface area contributed by atoms with E-state index in [0.29, 0.717) is 11.3 Å². The SMILES string of the molecule is COCN1C(=O)C2(C(C#N)=C(N)OC3=C2C(=O)c2ccccc2C3=O)c2ccccc21. The van der Waals surface area contributed by atoms with Gasteiger partial charge in [-0.3, -0.25) is 19.3 Å². The van der Waals surface area contributed by atoms with Gasteiger partial charge in [-0.2, -0.15) is 5.26 Å². The first-order valence-electron chi connectivity index (χ1n) is 9.40. The van der Waals surface area contributed by atoms with Gasteiger partial charge in [-0.15, -0.1) is 0 Å². The van der Waals surface area contributed by atoms with Crippen molar-refractivity contribution in [3.05, 3.63) is 88.0 Å². The van der Waals surface area contributed by atoms with Crippen LogP contribution in [0.15, 0.2) is 71.3 Å². The lowest BCUT2D eigenvalue weighted by Gasteiger charge is -2.37. The van der Waals surface area contributed by atoms with Crippen molar-refractivity contribution in [3.63, 3.8) is 0 Å². The number of anilines is 1. The van der Waals surface area contributed by atoms with Crippen LogP contribution in [0.5, 0.6) is 0 Å². The quantitative estimate of drug-likeness (QED) is 0.798. The zero-order valence-electron chi connectivity index (χ0n) is 16.3. The third-order valence-electron chi connectivity index (χ3n) is 5.82. The van der Waals surface area contributed by atoms with Gasteiger partial charge >= 0.3 is 0 Å². The number of allylic oxidation sites excluding steroid dienone is 1. The number of fused-ring (bicyclic) bond motifs is 4. The summed E-state index contributed by atoms with van der Waals surface area (Å²) in [6.07, 6.45) is 0. The molecule has 8 nitrogen and oxygen atoms in total. The summed E-state index contributed by atoms with van der Waals surface area (Å²) in [7, 11) is 1.43. The van der Waals surface area contributed by atoms with Crippen LogP contribution in [0, 0.1) is 11.3 Å². The van der Waals surface area contributed by atoms with Crippen LogP contribution in [0.25, 0.3) is 0 Å². The number of carbonyl (C=O) groups excluding carboxylic acids is 3. The molecule has 0 saturated heterocycles. The van der Waals surface area contributed by atoms with E-state index in [-0.39, 0.29) is 40.6 Å². The Kier molecular flexibility index (Phi) is 3.87. The Morgan fingerprint density at radius 3 is 2.39 bits per heavy atom. The van der Waals surface area contributed by atoms with Crippen LogP contribution in [0.3, 0.4) is 0 Å². The molecule has 0 radical (unpaired) electrons. The highest BCUT2D eigenvalue weighted by atomic mass is 16.5. The van der Waals surface area contributed by atoms with E-state index in [9.17, 15) is 19.6 Å².